The summed E-state index contributed by atoms with van der Waals surface area (Å²) in [5.41, 5.74) is 0. The fourth-order valence-corrected chi connectivity index (χ4v) is 5.52. The molecule has 0 spiro atoms. The second-order valence-electron chi connectivity index (χ2n) is 2.36. The SMILES string of the molecule is CCOC(=O)/C=C\SC1C[Se]C=CS1. The van der Waals surface area contributed by atoms with Crippen LogP contribution >= 0.6 is 23.5 Å². The van der Waals surface area contributed by atoms with Crippen LogP contribution in [0.3, 0.4) is 0 Å². The van der Waals surface area contributed by atoms with Crippen molar-refractivity contribution in [2.24, 2.45) is 0 Å². The van der Waals surface area contributed by atoms with Crippen LogP contribution in [0.25, 0.3) is 0 Å². The molecule has 5 heteroatoms. The number of carbonyl (C=O) groups is 1. The summed E-state index contributed by atoms with van der Waals surface area (Å²) in [6.07, 6.45) is 1.50. The average Bonchev–Trinajstić information content (AvgIpc) is 2.20. The maximum absolute atomic E-state index is 10.9. The van der Waals surface area contributed by atoms with Gasteiger partial charge in [-0.1, -0.05) is 0 Å². The van der Waals surface area contributed by atoms with Gasteiger partial charge in [-0.3, -0.25) is 0 Å². The number of ether oxygens (including phenoxy) is 1. The predicted octanol–water partition coefficient (Wildman–Crippen LogP) is 2.46. The van der Waals surface area contributed by atoms with Crippen LogP contribution in [-0.4, -0.2) is 32.1 Å². The number of hydrogen-bond acceptors (Lipinski definition) is 4. The molecule has 1 heterocycles. The second-order valence-corrected chi connectivity index (χ2v) is 6.86. The molecule has 2 nitrogen and oxygen atoms in total. The molecule has 1 atom stereocenters. The Kier molecular flexibility index (Phi) is 6.52. The van der Waals surface area contributed by atoms with Crippen molar-refractivity contribution in [2.75, 3.05) is 6.61 Å². The minimum atomic E-state index is -0.248. The molecule has 0 bridgehead atoms. The summed E-state index contributed by atoms with van der Waals surface area (Å²) < 4.78 is 5.35. The third-order valence-corrected chi connectivity index (χ3v) is 6.66. The number of thioether (sulfide) groups is 2. The Hall–Kier alpha value is 0.169. The topological polar surface area (TPSA) is 26.3 Å². The molecule has 0 saturated carbocycles. The summed E-state index contributed by atoms with van der Waals surface area (Å²) >= 11 is 4.16. The number of rotatable bonds is 4. The van der Waals surface area contributed by atoms with E-state index in [4.69, 9.17) is 4.74 Å². The second kappa shape index (κ2) is 7.46. The predicted molar refractivity (Wildman–Crippen MR) is 64.4 cm³/mol. The fraction of sp³-hybridized carbons (Fsp3) is 0.444. The number of carbonyl (C=O) groups excluding carboxylic acids is 1. The molecule has 78 valence electrons. The van der Waals surface area contributed by atoms with E-state index >= 15 is 0 Å². The van der Waals surface area contributed by atoms with Crippen LogP contribution < -0.4 is 0 Å². The van der Waals surface area contributed by atoms with Crippen molar-refractivity contribution in [2.45, 2.75) is 16.8 Å². The first kappa shape index (κ1) is 12.2. The zero-order valence-corrected chi connectivity index (χ0v) is 11.2. The molecule has 0 aromatic heterocycles. The first-order chi connectivity index (χ1) is 6.83. The Bertz CT molecular complexity index is 241. The van der Waals surface area contributed by atoms with Crippen molar-refractivity contribution in [3.05, 3.63) is 21.9 Å². The molecule has 0 aromatic carbocycles. The van der Waals surface area contributed by atoms with E-state index in [1.165, 1.54) is 11.4 Å². The molecule has 1 rings (SSSR count). The van der Waals surface area contributed by atoms with Gasteiger partial charge in [0.05, 0.1) is 0 Å². The molecule has 0 radical (unpaired) electrons. The Morgan fingerprint density at radius 2 is 2.71 bits per heavy atom. The van der Waals surface area contributed by atoms with Gasteiger partial charge >= 0.3 is 99.3 Å². The number of esters is 1. The van der Waals surface area contributed by atoms with Crippen LogP contribution in [0.2, 0.25) is 5.32 Å². The summed E-state index contributed by atoms with van der Waals surface area (Å²) in [6, 6.07) is 0. The van der Waals surface area contributed by atoms with E-state index in [2.05, 4.69) is 10.4 Å². The maximum atomic E-state index is 10.9. The Balaban J connectivity index is 2.18. The van der Waals surface area contributed by atoms with Crippen molar-refractivity contribution in [1.82, 2.24) is 0 Å². The van der Waals surface area contributed by atoms with E-state index in [1.54, 1.807) is 11.8 Å². The normalized spacial score (nSPS) is 21.4. The summed E-state index contributed by atoms with van der Waals surface area (Å²) in [5, 5.41) is 5.22. The Morgan fingerprint density at radius 3 is 3.36 bits per heavy atom. The monoisotopic (exact) mass is 296 g/mol. The molecule has 0 aliphatic carbocycles. The molecular formula is C9H12O2S2Se. The van der Waals surface area contributed by atoms with Crippen molar-refractivity contribution >= 4 is 44.4 Å². The Labute approximate surface area is 99.1 Å². The molecule has 0 N–H and O–H groups in total. The zero-order chi connectivity index (χ0) is 10.2. The van der Waals surface area contributed by atoms with E-state index in [0.717, 1.165) is 0 Å². The van der Waals surface area contributed by atoms with Crippen LogP contribution in [0, 0.1) is 0 Å². The summed E-state index contributed by atoms with van der Waals surface area (Å²) in [4.78, 5) is 13.2. The standard InChI is InChI=1S/C9H12O2S2Se/c1-2-11-8(10)3-4-12-9-7-14-6-5-13-9/h3-6,9H,2,7H2,1H3/b4-3-. The Morgan fingerprint density at radius 1 is 1.86 bits per heavy atom. The van der Waals surface area contributed by atoms with Crippen LogP contribution in [-0.2, 0) is 9.53 Å². The summed E-state index contributed by atoms with van der Waals surface area (Å²) in [6.45, 7) is 2.25. The van der Waals surface area contributed by atoms with Crippen molar-refractivity contribution < 1.29 is 9.53 Å². The zero-order valence-electron chi connectivity index (χ0n) is 7.84. The van der Waals surface area contributed by atoms with E-state index in [1.807, 2.05) is 24.1 Å². The van der Waals surface area contributed by atoms with Crippen molar-refractivity contribution in [1.29, 1.82) is 0 Å². The fourth-order valence-electron chi connectivity index (χ4n) is 0.777. The minimum absolute atomic E-state index is 0.248. The van der Waals surface area contributed by atoms with Gasteiger partial charge in [0.25, 0.3) is 0 Å². The first-order valence-electron chi connectivity index (χ1n) is 4.23. The van der Waals surface area contributed by atoms with Gasteiger partial charge in [-0.25, -0.2) is 0 Å². The molecule has 0 fully saturated rings. The van der Waals surface area contributed by atoms with Crippen molar-refractivity contribution in [3.63, 3.8) is 0 Å². The van der Waals surface area contributed by atoms with Crippen LogP contribution in [0.5, 0.6) is 0 Å². The van der Waals surface area contributed by atoms with Gasteiger partial charge in [0, 0.05) is 0 Å². The first-order valence-corrected chi connectivity index (χ1v) is 8.32. The van der Waals surface area contributed by atoms with E-state index < -0.39 is 0 Å². The molecule has 0 saturated heterocycles. The summed E-state index contributed by atoms with van der Waals surface area (Å²) in [5.74, 6) is -0.248. The van der Waals surface area contributed by atoms with Gasteiger partial charge in [-0.2, -0.15) is 0 Å². The van der Waals surface area contributed by atoms with Crippen LogP contribution in [0.4, 0.5) is 0 Å². The molecule has 0 aromatic rings. The van der Waals surface area contributed by atoms with Gasteiger partial charge in [-0.05, 0) is 0 Å². The van der Waals surface area contributed by atoms with Gasteiger partial charge in [0.15, 0.2) is 0 Å². The van der Waals surface area contributed by atoms with E-state index in [0.29, 0.717) is 26.1 Å². The molecule has 1 unspecified atom stereocenters. The van der Waals surface area contributed by atoms with Gasteiger partial charge in [-0.15, -0.1) is 0 Å². The third-order valence-electron chi connectivity index (χ3n) is 1.34. The van der Waals surface area contributed by atoms with Gasteiger partial charge in [0.2, 0.25) is 0 Å². The van der Waals surface area contributed by atoms with Gasteiger partial charge < -0.3 is 0 Å². The quantitative estimate of drug-likeness (QED) is 0.452. The van der Waals surface area contributed by atoms with Crippen LogP contribution in [0.1, 0.15) is 6.92 Å². The summed E-state index contributed by atoms with van der Waals surface area (Å²) in [7, 11) is 0. The molecule has 1 aliphatic rings. The number of hydrogen-bond donors (Lipinski definition) is 0. The van der Waals surface area contributed by atoms with Crippen LogP contribution in [0.15, 0.2) is 21.9 Å². The average molecular weight is 295 g/mol. The van der Waals surface area contributed by atoms with Crippen molar-refractivity contribution in [3.8, 4) is 0 Å². The van der Waals surface area contributed by atoms with E-state index in [-0.39, 0.29) is 5.97 Å². The molecular weight excluding hydrogens is 283 g/mol. The third kappa shape index (κ3) is 5.15. The van der Waals surface area contributed by atoms with Gasteiger partial charge in [0.1, 0.15) is 0 Å². The molecule has 14 heavy (non-hydrogen) atoms. The molecule has 0 amide bonds. The molecule has 1 aliphatic heterocycles. The van der Waals surface area contributed by atoms with E-state index in [9.17, 15) is 4.79 Å².